The smallest absolute Gasteiger partial charge is 0.0229 e. The Kier molecular flexibility index (Phi) is 5.87. The largest absolute Gasteiger partial charge is 0.772 e. The van der Waals surface area contributed by atoms with E-state index in [0.29, 0.717) is 6.54 Å². The highest BCUT2D eigenvalue weighted by molar-refractivity contribution is 7.79. The highest BCUT2D eigenvalue weighted by Gasteiger charge is 1.94. The van der Waals surface area contributed by atoms with Crippen molar-refractivity contribution in [2.45, 2.75) is 13.3 Å². The summed E-state index contributed by atoms with van der Waals surface area (Å²) in [6.45, 7) is 3.69. The highest BCUT2D eigenvalue weighted by Crippen LogP contribution is 1.86. The molecule has 0 aromatic heterocycles. The van der Waals surface area contributed by atoms with Gasteiger partial charge in [0.05, 0.1) is 0 Å². The normalized spacial score (nSPS) is 14.0. The van der Waals surface area contributed by atoms with Gasteiger partial charge in [-0.05, 0) is 20.0 Å². The molecule has 62 valence electrons. The summed E-state index contributed by atoms with van der Waals surface area (Å²) in [5, 5.41) is 0. The van der Waals surface area contributed by atoms with Crippen molar-refractivity contribution in [2.75, 3.05) is 25.9 Å². The molecule has 10 heavy (non-hydrogen) atoms. The van der Waals surface area contributed by atoms with Gasteiger partial charge in [0, 0.05) is 12.3 Å². The summed E-state index contributed by atoms with van der Waals surface area (Å²) in [6, 6.07) is 0. The van der Waals surface area contributed by atoms with E-state index in [2.05, 4.69) is 6.92 Å². The van der Waals surface area contributed by atoms with Crippen LogP contribution in [0.4, 0.5) is 0 Å². The maximum absolute atomic E-state index is 10.1. The Hall–Kier alpha value is 0.0700. The molecule has 0 bridgehead atoms. The molecule has 0 rings (SSSR count). The van der Waals surface area contributed by atoms with Gasteiger partial charge in [0.1, 0.15) is 0 Å². The fourth-order valence-corrected chi connectivity index (χ4v) is 1.18. The molecule has 0 amide bonds. The van der Waals surface area contributed by atoms with Crippen molar-refractivity contribution < 1.29 is 8.76 Å². The Labute approximate surface area is 64.7 Å². The van der Waals surface area contributed by atoms with Crippen LogP contribution in [0.1, 0.15) is 13.3 Å². The summed E-state index contributed by atoms with van der Waals surface area (Å²) < 4.78 is 20.2. The molecule has 0 aliphatic heterocycles. The molecule has 0 aliphatic rings. The average Bonchev–Trinajstić information content (AvgIpc) is 1.85. The van der Waals surface area contributed by atoms with Crippen molar-refractivity contribution >= 4 is 11.1 Å². The molecule has 1 atom stereocenters. The molecule has 1 unspecified atom stereocenters. The SMILES string of the molecule is CCCN(C)CCS(=O)[O-]. The van der Waals surface area contributed by atoms with Crippen molar-refractivity contribution in [1.82, 2.24) is 4.90 Å². The molecule has 0 heterocycles. The third-order valence-corrected chi connectivity index (χ3v) is 1.76. The van der Waals surface area contributed by atoms with Crippen molar-refractivity contribution in [3.05, 3.63) is 0 Å². The summed E-state index contributed by atoms with van der Waals surface area (Å²) in [7, 11) is 1.93. The molecule has 0 N–H and O–H groups in total. The minimum absolute atomic E-state index is 0.247. The molecule has 0 aliphatic carbocycles. The maximum atomic E-state index is 10.1. The minimum Gasteiger partial charge on any atom is -0.772 e. The number of nitrogens with zero attached hydrogens (tertiary/aromatic N) is 1. The van der Waals surface area contributed by atoms with Crippen molar-refractivity contribution in [2.24, 2.45) is 0 Å². The van der Waals surface area contributed by atoms with Crippen LogP contribution in [0.25, 0.3) is 0 Å². The molecule has 0 saturated heterocycles. The van der Waals surface area contributed by atoms with Crippen LogP contribution in [0.3, 0.4) is 0 Å². The van der Waals surface area contributed by atoms with Crippen LogP contribution < -0.4 is 0 Å². The molecule has 0 saturated carbocycles. The number of rotatable bonds is 5. The first kappa shape index (κ1) is 10.1. The summed E-state index contributed by atoms with van der Waals surface area (Å²) in [5.74, 6) is 0.247. The summed E-state index contributed by atoms with van der Waals surface area (Å²) in [4.78, 5) is 2.01. The zero-order valence-corrected chi connectivity index (χ0v) is 7.32. The highest BCUT2D eigenvalue weighted by atomic mass is 32.2. The van der Waals surface area contributed by atoms with Crippen LogP contribution in [-0.2, 0) is 11.1 Å². The van der Waals surface area contributed by atoms with E-state index in [-0.39, 0.29) is 5.75 Å². The summed E-state index contributed by atoms with van der Waals surface area (Å²) >= 11 is -1.88. The van der Waals surface area contributed by atoms with Crippen molar-refractivity contribution in [3.63, 3.8) is 0 Å². The third kappa shape index (κ3) is 6.19. The quantitative estimate of drug-likeness (QED) is 0.545. The second-order valence-electron chi connectivity index (χ2n) is 2.31. The minimum atomic E-state index is -1.88. The van der Waals surface area contributed by atoms with Gasteiger partial charge in [-0.1, -0.05) is 18.0 Å². The molecule has 0 aromatic carbocycles. The Morgan fingerprint density at radius 2 is 2.10 bits per heavy atom. The molecule has 0 spiro atoms. The van der Waals surface area contributed by atoms with Crippen molar-refractivity contribution in [3.8, 4) is 0 Å². The summed E-state index contributed by atoms with van der Waals surface area (Å²) in [5.41, 5.74) is 0. The first-order chi connectivity index (χ1) is 4.66. The van der Waals surface area contributed by atoms with E-state index in [4.69, 9.17) is 0 Å². The first-order valence-corrected chi connectivity index (χ1v) is 4.65. The van der Waals surface area contributed by atoms with E-state index in [1.807, 2.05) is 11.9 Å². The van der Waals surface area contributed by atoms with E-state index < -0.39 is 11.1 Å². The molecular weight excluding hydrogens is 150 g/mol. The standard InChI is InChI=1S/C6H15NO2S/c1-3-4-7(2)5-6-10(8)9/h3-6H2,1-2H3,(H,8,9)/p-1. The predicted octanol–water partition coefficient (Wildman–Crippen LogP) is 0.207. The lowest BCUT2D eigenvalue weighted by Gasteiger charge is -2.15. The van der Waals surface area contributed by atoms with Gasteiger partial charge in [0.15, 0.2) is 0 Å². The van der Waals surface area contributed by atoms with E-state index in [1.165, 1.54) is 0 Å². The number of hydrogen-bond acceptors (Lipinski definition) is 3. The van der Waals surface area contributed by atoms with E-state index in [0.717, 1.165) is 13.0 Å². The van der Waals surface area contributed by atoms with Gasteiger partial charge in [-0.15, -0.1) is 0 Å². The lowest BCUT2D eigenvalue weighted by molar-refractivity contribution is 0.352. The van der Waals surface area contributed by atoms with Gasteiger partial charge in [-0.25, -0.2) is 0 Å². The van der Waals surface area contributed by atoms with Gasteiger partial charge in [-0.3, -0.25) is 4.21 Å². The Morgan fingerprint density at radius 3 is 2.50 bits per heavy atom. The zero-order valence-electron chi connectivity index (χ0n) is 6.50. The molecule has 0 radical (unpaired) electrons. The van der Waals surface area contributed by atoms with Crippen LogP contribution in [0.2, 0.25) is 0 Å². The van der Waals surface area contributed by atoms with Crippen LogP contribution >= 0.6 is 0 Å². The Balaban J connectivity index is 3.21. The third-order valence-electron chi connectivity index (χ3n) is 1.25. The predicted molar refractivity (Wildman–Crippen MR) is 41.6 cm³/mol. The van der Waals surface area contributed by atoms with Gasteiger partial charge >= 0.3 is 0 Å². The average molecular weight is 164 g/mol. The molecular formula is C6H14NO2S-. The Bertz CT molecular complexity index is 108. The first-order valence-electron chi connectivity index (χ1n) is 3.41. The fourth-order valence-electron chi connectivity index (χ4n) is 0.724. The lowest BCUT2D eigenvalue weighted by atomic mass is 10.4. The van der Waals surface area contributed by atoms with Crippen LogP contribution in [0, 0.1) is 0 Å². The van der Waals surface area contributed by atoms with Gasteiger partial charge in [0.2, 0.25) is 0 Å². The Morgan fingerprint density at radius 1 is 1.50 bits per heavy atom. The van der Waals surface area contributed by atoms with E-state index in [9.17, 15) is 8.76 Å². The number of hydrogen-bond donors (Lipinski definition) is 0. The van der Waals surface area contributed by atoms with Crippen LogP contribution in [-0.4, -0.2) is 39.6 Å². The fraction of sp³-hybridized carbons (Fsp3) is 1.00. The topological polar surface area (TPSA) is 43.4 Å². The zero-order chi connectivity index (χ0) is 7.98. The van der Waals surface area contributed by atoms with Crippen LogP contribution in [0.15, 0.2) is 0 Å². The van der Waals surface area contributed by atoms with Gasteiger partial charge in [0.25, 0.3) is 0 Å². The van der Waals surface area contributed by atoms with Gasteiger partial charge in [-0.2, -0.15) is 0 Å². The van der Waals surface area contributed by atoms with Crippen molar-refractivity contribution in [1.29, 1.82) is 0 Å². The molecule has 0 fully saturated rings. The van der Waals surface area contributed by atoms with E-state index in [1.54, 1.807) is 0 Å². The molecule has 3 nitrogen and oxygen atoms in total. The second-order valence-corrected chi connectivity index (χ2v) is 3.33. The molecule has 0 aromatic rings. The summed E-state index contributed by atoms with van der Waals surface area (Å²) in [6.07, 6.45) is 1.07. The maximum Gasteiger partial charge on any atom is 0.0229 e. The van der Waals surface area contributed by atoms with Crippen LogP contribution in [0.5, 0.6) is 0 Å². The second kappa shape index (κ2) is 5.82. The molecule has 4 heteroatoms. The lowest BCUT2D eigenvalue weighted by Crippen LogP contribution is -2.24. The van der Waals surface area contributed by atoms with E-state index >= 15 is 0 Å². The van der Waals surface area contributed by atoms with Gasteiger partial charge < -0.3 is 9.45 Å². The monoisotopic (exact) mass is 164 g/mol.